The van der Waals surface area contributed by atoms with Crippen LogP contribution in [0.25, 0.3) is 0 Å². The molecule has 0 aromatic heterocycles. The number of aldehydes is 1. The summed E-state index contributed by atoms with van der Waals surface area (Å²) in [6.07, 6.45) is 9.96. The lowest BCUT2D eigenvalue weighted by Crippen LogP contribution is -1.94. The van der Waals surface area contributed by atoms with Crippen LogP contribution in [0.1, 0.15) is 46.5 Å². The molecule has 0 saturated heterocycles. The zero-order valence-corrected chi connectivity index (χ0v) is 9.12. The summed E-state index contributed by atoms with van der Waals surface area (Å²) in [5.41, 5.74) is 0. The molecule has 0 aliphatic carbocycles. The van der Waals surface area contributed by atoms with Crippen molar-refractivity contribution in [1.29, 1.82) is 0 Å². The van der Waals surface area contributed by atoms with Crippen LogP contribution in [0.5, 0.6) is 0 Å². The van der Waals surface area contributed by atoms with E-state index in [1.807, 2.05) is 6.92 Å². The molecule has 1 heteroatoms. The largest absolute Gasteiger partial charge is 0.303 e. The molecule has 0 rings (SSSR count). The number of hydrogen-bond acceptors (Lipinski definition) is 1. The van der Waals surface area contributed by atoms with E-state index in [1.54, 1.807) is 0 Å². The van der Waals surface area contributed by atoms with Crippen LogP contribution in [0.2, 0.25) is 0 Å². The van der Waals surface area contributed by atoms with E-state index < -0.39 is 0 Å². The molecule has 0 aromatic rings. The van der Waals surface area contributed by atoms with E-state index in [0.29, 0.717) is 0 Å². The maximum atomic E-state index is 10.3. The fourth-order valence-corrected chi connectivity index (χ4v) is 1.11. The van der Waals surface area contributed by atoms with Gasteiger partial charge in [-0.1, -0.05) is 32.9 Å². The number of hydrogen-bond donors (Lipinski definition) is 0. The predicted octanol–water partition coefficient (Wildman–Crippen LogP) is 3.59. The Bertz CT molecular complexity index is 147. The minimum absolute atomic E-state index is 0.235. The van der Waals surface area contributed by atoms with Gasteiger partial charge in [0.05, 0.1) is 0 Å². The second-order valence-corrected chi connectivity index (χ2v) is 4.15. The Morgan fingerprint density at radius 3 is 2.38 bits per heavy atom. The summed E-state index contributed by atoms with van der Waals surface area (Å²) in [5, 5.41) is 0. The number of carbonyl (C=O) groups excluding carboxylic acids is 1. The van der Waals surface area contributed by atoms with Gasteiger partial charge in [-0.25, -0.2) is 0 Å². The molecule has 0 heterocycles. The van der Waals surface area contributed by atoms with E-state index in [1.165, 1.54) is 6.42 Å². The van der Waals surface area contributed by atoms with Gasteiger partial charge >= 0.3 is 0 Å². The molecule has 0 spiro atoms. The average molecular weight is 182 g/mol. The Morgan fingerprint density at radius 1 is 1.15 bits per heavy atom. The summed E-state index contributed by atoms with van der Waals surface area (Å²) in [4.78, 5) is 10.3. The van der Waals surface area contributed by atoms with E-state index in [-0.39, 0.29) is 5.92 Å². The molecule has 0 aromatic carbocycles. The first-order valence-corrected chi connectivity index (χ1v) is 5.27. The van der Waals surface area contributed by atoms with Crippen molar-refractivity contribution in [2.24, 2.45) is 11.8 Å². The summed E-state index contributed by atoms with van der Waals surface area (Å²) in [7, 11) is 0. The van der Waals surface area contributed by atoms with Gasteiger partial charge in [0, 0.05) is 5.92 Å². The van der Waals surface area contributed by atoms with Crippen LogP contribution in [0.3, 0.4) is 0 Å². The molecule has 0 amide bonds. The van der Waals surface area contributed by atoms with Gasteiger partial charge in [-0.15, -0.1) is 0 Å². The monoisotopic (exact) mass is 182 g/mol. The topological polar surface area (TPSA) is 17.1 Å². The van der Waals surface area contributed by atoms with Gasteiger partial charge in [0.1, 0.15) is 6.29 Å². The molecule has 0 aliphatic heterocycles. The van der Waals surface area contributed by atoms with Crippen LogP contribution in [0.15, 0.2) is 12.2 Å². The standard InChI is InChI=1S/C12H22O/c1-11(2)8-6-4-5-7-9-12(3)10-13/h4,6,10-12H,5,7-9H2,1-3H3/b6-4+. The van der Waals surface area contributed by atoms with Crippen molar-refractivity contribution in [1.82, 2.24) is 0 Å². The third-order valence-electron chi connectivity index (χ3n) is 2.04. The third kappa shape index (κ3) is 9.32. The van der Waals surface area contributed by atoms with Crippen molar-refractivity contribution in [3.63, 3.8) is 0 Å². The van der Waals surface area contributed by atoms with E-state index in [4.69, 9.17) is 0 Å². The molecule has 1 nitrogen and oxygen atoms in total. The predicted molar refractivity (Wildman–Crippen MR) is 57.7 cm³/mol. The fourth-order valence-electron chi connectivity index (χ4n) is 1.11. The molecule has 76 valence electrons. The van der Waals surface area contributed by atoms with E-state index in [0.717, 1.165) is 31.5 Å². The lowest BCUT2D eigenvalue weighted by atomic mass is 10.1. The van der Waals surface area contributed by atoms with Crippen LogP contribution in [-0.4, -0.2) is 6.29 Å². The summed E-state index contributed by atoms with van der Waals surface area (Å²) in [6, 6.07) is 0. The average Bonchev–Trinajstić information content (AvgIpc) is 2.10. The first-order valence-electron chi connectivity index (χ1n) is 5.27. The maximum absolute atomic E-state index is 10.3. The van der Waals surface area contributed by atoms with Gasteiger partial charge in [0.25, 0.3) is 0 Å². The Labute approximate surface area is 82.2 Å². The van der Waals surface area contributed by atoms with Crippen LogP contribution in [-0.2, 0) is 4.79 Å². The molecule has 1 atom stereocenters. The molecular formula is C12H22O. The zero-order valence-electron chi connectivity index (χ0n) is 9.12. The van der Waals surface area contributed by atoms with Gasteiger partial charge in [-0.05, 0) is 31.6 Å². The minimum Gasteiger partial charge on any atom is -0.303 e. The van der Waals surface area contributed by atoms with Crippen LogP contribution in [0.4, 0.5) is 0 Å². The lowest BCUT2D eigenvalue weighted by Gasteiger charge is -2.00. The van der Waals surface area contributed by atoms with Crippen LogP contribution in [0, 0.1) is 11.8 Å². The molecule has 0 fully saturated rings. The Kier molecular flexibility index (Phi) is 7.66. The maximum Gasteiger partial charge on any atom is 0.122 e. The number of rotatable bonds is 7. The highest BCUT2D eigenvalue weighted by Gasteiger charge is 1.96. The van der Waals surface area contributed by atoms with Gasteiger partial charge in [0.2, 0.25) is 0 Å². The lowest BCUT2D eigenvalue weighted by molar-refractivity contribution is -0.110. The highest BCUT2D eigenvalue weighted by molar-refractivity contribution is 5.52. The van der Waals surface area contributed by atoms with Gasteiger partial charge in [-0.3, -0.25) is 0 Å². The molecule has 0 saturated carbocycles. The smallest absolute Gasteiger partial charge is 0.122 e. The highest BCUT2D eigenvalue weighted by Crippen LogP contribution is 2.06. The summed E-state index contributed by atoms with van der Waals surface area (Å²) in [5.74, 6) is 0.989. The quantitative estimate of drug-likeness (QED) is 0.334. The van der Waals surface area contributed by atoms with E-state index >= 15 is 0 Å². The fraction of sp³-hybridized carbons (Fsp3) is 0.750. The van der Waals surface area contributed by atoms with Gasteiger partial charge < -0.3 is 4.79 Å². The Balaban J connectivity index is 3.24. The Morgan fingerprint density at radius 2 is 1.85 bits per heavy atom. The highest BCUT2D eigenvalue weighted by atomic mass is 16.1. The van der Waals surface area contributed by atoms with Gasteiger partial charge in [0.15, 0.2) is 0 Å². The third-order valence-corrected chi connectivity index (χ3v) is 2.04. The normalized spacial score (nSPS) is 13.8. The summed E-state index contributed by atoms with van der Waals surface area (Å²) < 4.78 is 0. The molecule has 1 unspecified atom stereocenters. The molecule has 0 radical (unpaired) electrons. The molecule has 0 bridgehead atoms. The zero-order chi connectivity index (χ0) is 10.1. The second-order valence-electron chi connectivity index (χ2n) is 4.15. The number of allylic oxidation sites excluding steroid dienone is 2. The first-order chi connectivity index (χ1) is 6.16. The summed E-state index contributed by atoms with van der Waals surface area (Å²) >= 11 is 0. The van der Waals surface area contributed by atoms with Crippen molar-refractivity contribution in [3.8, 4) is 0 Å². The first kappa shape index (κ1) is 12.4. The van der Waals surface area contributed by atoms with E-state index in [2.05, 4.69) is 26.0 Å². The summed E-state index contributed by atoms with van der Waals surface area (Å²) in [6.45, 7) is 6.42. The minimum atomic E-state index is 0.235. The van der Waals surface area contributed by atoms with Crippen molar-refractivity contribution in [2.75, 3.05) is 0 Å². The van der Waals surface area contributed by atoms with Crippen LogP contribution >= 0.6 is 0 Å². The number of unbranched alkanes of at least 4 members (excludes halogenated alkanes) is 1. The van der Waals surface area contributed by atoms with Crippen molar-refractivity contribution >= 4 is 6.29 Å². The number of carbonyl (C=O) groups is 1. The van der Waals surface area contributed by atoms with Crippen molar-refractivity contribution in [2.45, 2.75) is 46.5 Å². The SMILES string of the molecule is CC(C)C/C=C/CCCC(C)C=O. The van der Waals surface area contributed by atoms with Crippen molar-refractivity contribution < 1.29 is 4.79 Å². The van der Waals surface area contributed by atoms with Crippen molar-refractivity contribution in [3.05, 3.63) is 12.2 Å². The molecule has 0 N–H and O–H groups in total. The van der Waals surface area contributed by atoms with E-state index in [9.17, 15) is 4.79 Å². The van der Waals surface area contributed by atoms with Gasteiger partial charge in [-0.2, -0.15) is 0 Å². The Hall–Kier alpha value is -0.590. The second kappa shape index (κ2) is 8.03. The van der Waals surface area contributed by atoms with Crippen LogP contribution < -0.4 is 0 Å². The molecule has 13 heavy (non-hydrogen) atoms. The molecular weight excluding hydrogens is 160 g/mol. The molecule has 0 aliphatic rings.